The Balaban J connectivity index is 2.03. The number of rotatable bonds is 6. The summed E-state index contributed by atoms with van der Waals surface area (Å²) in [6.07, 6.45) is 6.75. The van der Waals surface area contributed by atoms with Crippen LogP contribution in [0.1, 0.15) is 42.0 Å². The van der Waals surface area contributed by atoms with Gasteiger partial charge in [0.25, 0.3) is 0 Å². The molecule has 0 radical (unpaired) electrons. The van der Waals surface area contributed by atoms with Gasteiger partial charge < -0.3 is 5.32 Å². The number of aryl methyl sites for hydroxylation is 2. The summed E-state index contributed by atoms with van der Waals surface area (Å²) >= 11 is 0. The average Bonchev–Trinajstić information content (AvgIpc) is 3.47. The van der Waals surface area contributed by atoms with Crippen LogP contribution in [0.4, 0.5) is 0 Å². The van der Waals surface area contributed by atoms with E-state index in [2.05, 4.69) is 75.1 Å². The third-order valence-electron chi connectivity index (χ3n) is 5.05. The van der Waals surface area contributed by atoms with Gasteiger partial charge in [0.15, 0.2) is 0 Å². The molecule has 2 aromatic carbocycles. The van der Waals surface area contributed by atoms with Crippen LogP contribution in [0.3, 0.4) is 0 Å². The summed E-state index contributed by atoms with van der Waals surface area (Å²) in [5.41, 5.74) is 8.17. The molecule has 0 spiro atoms. The third kappa shape index (κ3) is 3.96. The monoisotopic (exact) mass is 345 g/mol. The molecule has 0 atom stereocenters. The van der Waals surface area contributed by atoms with E-state index in [1.165, 1.54) is 33.4 Å². The molecule has 2 nitrogen and oxygen atoms in total. The summed E-state index contributed by atoms with van der Waals surface area (Å²) in [6.45, 7) is 10.3. The summed E-state index contributed by atoms with van der Waals surface area (Å²) in [4.78, 5) is 12.1. The smallest absolute Gasteiger partial charge is 0.227 e. The van der Waals surface area contributed by atoms with Crippen molar-refractivity contribution in [1.29, 1.82) is 0 Å². The molecule has 2 heteroatoms. The number of hydrogen-bond acceptors (Lipinski definition) is 1. The number of carbonyl (C=O) groups is 1. The van der Waals surface area contributed by atoms with Crippen molar-refractivity contribution in [3.63, 3.8) is 0 Å². The molecule has 0 aliphatic heterocycles. The molecule has 1 amide bonds. The van der Waals surface area contributed by atoms with Crippen LogP contribution in [0.25, 0.3) is 17.2 Å². The van der Waals surface area contributed by atoms with Crippen molar-refractivity contribution >= 4 is 12.0 Å². The predicted molar refractivity (Wildman–Crippen MR) is 110 cm³/mol. The van der Waals surface area contributed by atoms with Gasteiger partial charge in [-0.1, -0.05) is 55.5 Å². The number of amides is 1. The fraction of sp³-hybridized carbons (Fsp3) is 0.292. The highest BCUT2D eigenvalue weighted by atomic mass is 16.2. The van der Waals surface area contributed by atoms with E-state index >= 15 is 0 Å². The van der Waals surface area contributed by atoms with Crippen LogP contribution in [0.2, 0.25) is 0 Å². The molecule has 0 aromatic heterocycles. The van der Waals surface area contributed by atoms with Crippen molar-refractivity contribution < 1.29 is 4.79 Å². The van der Waals surface area contributed by atoms with E-state index in [1.54, 1.807) is 6.08 Å². The maximum absolute atomic E-state index is 12.1. The Kier molecular flexibility index (Phi) is 5.41. The molecule has 3 rings (SSSR count). The van der Waals surface area contributed by atoms with Crippen LogP contribution in [0, 0.1) is 19.8 Å². The van der Waals surface area contributed by atoms with Gasteiger partial charge in [-0.05, 0) is 73.1 Å². The first-order chi connectivity index (χ1) is 12.5. The quantitative estimate of drug-likeness (QED) is 0.680. The molecule has 26 heavy (non-hydrogen) atoms. The minimum absolute atomic E-state index is 0.113. The van der Waals surface area contributed by atoms with Crippen molar-refractivity contribution in [2.45, 2.75) is 40.0 Å². The van der Waals surface area contributed by atoms with Gasteiger partial charge in [-0.15, -0.1) is 0 Å². The average molecular weight is 345 g/mol. The van der Waals surface area contributed by atoms with E-state index in [4.69, 9.17) is 0 Å². The molecule has 0 unspecified atom stereocenters. The van der Waals surface area contributed by atoms with Gasteiger partial charge in [-0.3, -0.25) is 4.79 Å². The molecule has 134 valence electrons. The summed E-state index contributed by atoms with van der Waals surface area (Å²) in [6, 6.07) is 13.0. The molecule has 2 aromatic rings. The van der Waals surface area contributed by atoms with E-state index in [1.807, 2.05) is 0 Å². The second-order valence-corrected chi connectivity index (χ2v) is 7.10. The van der Waals surface area contributed by atoms with Gasteiger partial charge in [-0.25, -0.2) is 0 Å². The predicted octanol–water partition coefficient (Wildman–Crippen LogP) is 5.59. The first-order valence-corrected chi connectivity index (χ1v) is 9.38. The van der Waals surface area contributed by atoms with Crippen molar-refractivity contribution in [3.8, 4) is 11.1 Å². The highest BCUT2D eigenvalue weighted by Crippen LogP contribution is 2.31. The summed E-state index contributed by atoms with van der Waals surface area (Å²) in [5.74, 6) is 0.297. The van der Waals surface area contributed by atoms with Crippen molar-refractivity contribution in [1.82, 2.24) is 5.32 Å². The standard InChI is InChI=1S/C24H27NO/c1-5-18-12-13-22(20-9-7-8-16(3)14-20)17(4)23(18)15-21(6-2)25-24(26)19-10-11-19/h6-9,12-15,19H,2,5,10-11H2,1,3-4H3,(H,25,26)/b21-15+. The van der Waals surface area contributed by atoms with Crippen molar-refractivity contribution in [2.24, 2.45) is 5.92 Å². The zero-order chi connectivity index (χ0) is 18.7. The second kappa shape index (κ2) is 7.74. The molecule has 1 saturated carbocycles. The van der Waals surface area contributed by atoms with E-state index in [-0.39, 0.29) is 11.8 Å². The van der Waals surface area contributed by atoms with Gasteiger partial charge in [0.05, 0.1) is 0 Å². The van der Waals surface area contributed by atoms with Gasteiger partial charge >= 0.3 is 0 Å². The summed E-state index contributed by atoms with van der Waals surface area (Å²) in [7, 11) is 0. The lowest BCUT2D eigenvalue weighted by Gasteiger charge is -2.15. The number of hydrogen-bond donors (Lipinski definition) is 1. The zero-order valence-electron chi connectivity index (χ0n) is 15.9. The topological polar surface area (TPSA) is 29.1 Å². The van der Waals surface area contributed by atoms with Crippen LogP contribution in [0.15, 0.2) is 54.8 Å². The van der Waals surface area contributed by atoms with Gasteiger partial charge in [0, 0.05) is 11.6 Å². The normalized spacial score (nSPS) is 14.2. The Morgan fingerprint density at radius 1 is 1.23 bits per heavy atom. The maximum Gasteiger partial charge on any atom is 0.227 e. The van der Waals surface area contributed by atoms with Crippen LogP contribution in [-0.4, -0.2) is 5.91 Å². The van der Waals surface area contributed by atoms with E-state index in [9.17, 15) is 4.79 Å². The van der Waals surface area contributed by atoms with Gasteiger partial charge in [-0.2, -0.15) is 0 Å². The van der Waals surface area contributed by atoms with Crippen molar-refractivity contribution in [2.75, 3.05) is 0 Å². The Morgan fingerprint density at radius 3 is 2.62 bits per heavy atom. The minimum Gasteiger partial charge on any atom is -0.326 e. The number of nitrogens with one attached hydrogen (secondary N) is 1. The molecule has 1 aliphatic rings. The van der Waals surface area contributed by atoms with Crippen molar-refractivity contribution in [3.05, 3.63) is 77.0 Å². The van der Waals surface area contributed by atoms with E-state index in [0.717, 1.165) is 25.0 Å². The highest BCUT2D eigenvalue weighted by Gasteiger charge is 2.29. The Labute approximate surface area is 156 Å². The highest BCUT2D eigenvalue weighted by molar-refractivity contribution is 5.84. The Morgan fingerprint density at radius 2 is 2.00 bits per heavy atom. The summed E-state index contributed by atoms with van der Waals surface area (Å²) in [5, 5.41) is 3.03. The Bertz CT molecular complexity index is 872. The first kappa shape index (κ1) is 18.2. The number of benzene rings is 2. The van der Waals surface area contributed by atoms with Gasteiger partial charge in [0.1, 0.15) is 0 Å². The number of carbonyl (C=O) groups excluding carboxylic acids is 1. The van der Waals surface area contributed by atoms with E-state index < -0.39 is 0 Å². The first-order valence-electron chi connectivity index (χ1n) is 9.38. The lowest BCUT2D eigenvalue weighted by Crippen LogP contribution is -2.23. The molecular formula is C24H27NO. The van der Waals surface area contributed by atoms with Gasteiger partial charge in [0.2, 0.25) is 5.91 Å². The molecule has 1 N–H and O–H groups in total. The Hall–Kier alpha value is -2.61. The van der Waals surface area contributed by atoms with Crippen LogP contribution >= 0.6 is 0 Å². The SMILES string of the molecule is C=C/C(=C\c1c(CC)ccc(-c2cccc(C)c2)c1C)NC(=O)C1CC1. The maximum atomic E-state index is 12.1. The summed E-state index contributed by atoms with van der Waals surface area (Å²) < 4.78 is 0. The zero-order valence-corrected chi connectivity index (χ0v) is 15.9. The molecule has 0 heterocycles. The molecular weight excluding hydrogens is 318 g/mol. The molecule has 0 saturated heterocycles. The fourth-order valence-corrected chi connectivity index (χ4v) is 3.31. The van der Waals surface area contributed by atoms with Crippen LogP contribution in [0.5, 0.6) is 0 Å². The largest absolute Gasteiger partial charge is 0.326 e. The lowest BCUT2D eigenvalue weighted by molar-refractivity contribution is -0.121. The minimum atomic E-state index is 0.113. The molecule has 0 bridgehead atoms. The van der Waals surface area contributed by atoms with Crippen LogP contribution < -0.4 is 5.32 Å². The fourth-order valence-electron chi connectivity index (χ4n) is 3.31. The third-order valence-corrected chi connectivity index (χ3v) is 5.05. The lowest BCUT2D eigenvalue weighted by atomic mass is 9.91. The van der Waals surface area contributed by atoms with Crippen LogP contribution in [-0.2, 0) is 11.2 Å². The van der Waals surface area contributed by atoms with E-state index in [0.29, 0.717) is 0 Å². The molecule has 1 fully saturated rings. The molecule has 1 aliphatic carbocycles. The number of allylic oxidation sites excluding steroid dienone is 1. The second-order valence-electron chi connectivity index (χ2n) is 7.10.